The van der Waals surface area contributed by atoms with Crippen molar-refractivity contribution in [3.8, 4) is 11.3 Å². The van der Waals surface area contributed by atoms with Crippen LogP contribution in [0.3, 0.4) is 0 Å². The zero-order chi connectivity index (χ0) is 20.7. The highest BCUT2D eigenvalue weighted by Crippen LogP contribution is 2.32. The molecular weight excluding hydrogens is 409 g/mol. The molecule has 0 fully saturated rings. The number of hydrogen-bond acceptors (Lipinski definition) is 3. The van der Waals surface area contributed by atoms with Crippen LogP contribution in [0.2, 0.25) is 0 Å². The molecule has 0 amide bonds. The molecule has 5 rings (SSSR count). The van der Waals surface area contributed by atoms with E-state index in [1.54, 1.807) is 18.0 Å². The second kappa shape index (κ2) is 7.21. The molecule has 30 heavy (non-hydrogen) atoms. The van der Waals surface area contributed by atoms with E-state index in [2.05, 4.69) is 15.0 Å². The van der Waals surface area contributed by atoms with Gasteiger partial charge in [-0.15, -0.1) is 0 Å². The summed E-state index contributed by atoms with van der Waals surface area (Å²) in [5, 5.41) is 0.827. The molecule has 2 aromatic carbocycles. The maximum Gasteiger partial charge on any atom is 0.416 e. The van der Waals surface area contributed by atoms with Crippen LogP contribution in [-0.4, -0.2) is 19.4 Å². The number of nitrogens with zero attached hydrogens (tertiary/aromatic N) is 3. The second-order valence-corrected chi connectivity index (χ2v) is 7.76. The predicted molar refractivity (Wildman–Crippen MR) is 111 cm³/mol. The van der Waals surface area contributed by atoms with E-state index in [0.29, 0.717) is 11.3 Å². The van der Waals surface area contributed by atoms with Crippen LogP contribution in [0.4, 0.5) is 13.2 Å². The van der Waals surface area contributed by atoms with Gasteiger partial charge in [-0.05, 0) is 30.3 Å². The lowest BCUT2D eigenvalue weighted by Crippen LogP contribution is -2.04. The number of rotatable bonds is 4. The molecule has 8 heteroatoms. The molecule has 0 bridgehead atoms. The van der Waals surface area contributed by atoms with Crippen molar-refractivity contribution in [2.24, 2.45) is 0 Å². The van der Waals surface area contributed by atoms with Gasteiger partial charge in [0.2, 0.25) is 0 Å². The van der Waals surface area contributed by atoms with Gasteiger partial charge in [0, 0.05) is 23.1 Å². The first-order chi connectivity index (χ1) is 14.5. The van der Waals surface area contributed by atoms with Crippen molar-refractivity contribution in [2.45, 2.75) is 17.1 Å². The van der Waals surface area contributed by atoms with E-state index in [0.717, 1.165) is 45.2 Å². The molecule has 5 aromatic rings. The van der Waals surface area contributed by atoms with Crippen LogP contribution >= 0.6 is 11.8 Å². The van der Waals surface area contributed by atoms with Gasteiger partial charge in [-0.1, -0.05) is 42.1 Å². The van der Waals surface area contributed by atoms with Gasteiger partial charge in [0.1, 0.15) is 5.65 Å². The third-order valence-electron chi connectivity index (χ3n) is 4.86. The third kappa shape index (κ3) is 3.43. The Morgan fingerprint density at radius 1 is 0.967 bits per heavy atom. The maximum atomic E-state index is 12.8. The number of halogens is 3. The molecule has 0 radical (unpaired) electrons. The molecule has 0 aliphatic heterocycles. The highest BCUT2D eigenvalue weighted by atomic mass is 32.2. The van der Waals surface area contributed by atoms with Crippen molar-refractivity contribution >= 4 is 28.4 Å². The zero-order valence-corrected chi connectivity index (χ0v) is 16.3. The first-order valence-electron chi connectivity index (χ1n) is 9.19. The molecule has 0 aliphatic carbocycles. The first kappa shape index (κ1) is 18.7. The van der Waals surface area contributed by atoms with Crippen LogP contribution in [0.1, 0.15) is 11.1 Å². The van der Waals surface area contributed by atoms with Gasteiger partial charge in [-0.2, -0.15) is 13.2 Å². The van der Waals surface area contributed by atoms with Crippen molar-refractivity contribution in [1.82, 2.24) is 19.4 Å². The smallest absolute Gasteiger partial charge is 0.333 e. The Hall–Kier alpha value is -3.26. The number of para-hydroxylation sites is 2. The van der Waals surface area contributed by atoms with Crippen molar-refractivity contribution in [3.63, 3.8) is 0 Å². The fraction of sp³-hybridized carbons (Fsp3) is 0.0909. The zero-order valence-electron chi connectivity index (χ0n) is 15.5. The Balaban J connectivity index is 1.43. The molecule has 3 aromatic heterocycles. The van der Waals surface area contributed by atoms with E-state index in [4.69, 9.17) is 0 Å². The normalized spacial score (nSPS) is 12.1. The summed E-state index contributed by atoms with van der Waals surface area (Å²) in [5.74, 6) is 0.660. The number of nitrogens with one attached hydrogen (secondary N) is 1. The highest BCUT2D eigenvalue weighted by molar-refractivity contribution is 7.98. The predicted octanol–water partition coefficient (Wildman–Crippen LogP) is 6.19. The van der Waals surface area contributed by atoms with Crippen LogP contribution in [-0.2, 0) is 11.9 Å². The number of H-pyrrole nitrogens is 1. The second-order valence-electron chi connectivity index (χ2n) is 6.79. The minimum absolute atomic E-state index is 0.660. The number of aromatic nitrogens is 4. The molecule has 3 heterocycles. The Morgan fingerprint density at radius 3 is 2.53 bits per heavy atom. The molecule has 0 aliphatic rings. The monoisotopic (exact) mass is 424 g/mol. The van der Waals surface area contributed by atoms with E-state index in [1.165, 1.54) is 12.1 Å². The average Bonchev–Trinajstić information content (AvgIpc) is 3.36. The minimum atomic E-state index is -4.35. The van der Waals surface area contributed by atoms with Gasteiger partial charge < -0.3 is 4.98 Å². The van der Waals surface area contributed by atoms with Crippen LogP contribution in [0, 0.1) is 0 Å². The molecule has 0 unspecified atom stereocenters. The lowest BCUT2D eigenvalue weighted by atomic mass is 10.1. The lowest BCUT2D eigenvalue weighted by Gasteiger charge is -2.08. The maximum absolute atomic E-state index is 12.8. The van der Waals surface area contributed by atoms with E-state index in [-0.39, 0.29) is 0 Å². The topological polar surface area (TPSA) is 46.0 Å². The number of pyridine rings is 1. The third-order valence-corrected chi connectivity index (χ3v) is 5.78. The molecule has 0 spiro atoms. The molecule has 4 nitrogen and oxygen atoms in total. The molecule has 1 N–H and O–H groups in total. The van der Waals surface area contributed by atoms with Crippen molar-refractivity contribution in [3.05, 3.63) is 84.2 Å². The first-order valence-corrected chi connectivity index (χ1v) is 10.2. The SMILES string of the molecule is FC(F)(F)c1ccc(-c2cnc3c(CSc4nc5ccccc5[nH]4)cccn23)cc1. The highest BCUT2D eigenvalue weighted by Gasteiger charge is 2.30. The van der Waals surface area contributed by atoms with Gasteiger partial charge in [0.25, 0.3) is 0 Å². The average molecular weight is 424 g/mol. The summed E-state index contributed by atoms with van der Waals surface area (Å²) in [4.78, 5) is 12.4. The number of imidazole rings is 2. The summed E-state index contributed by atoms with van der Waals surface area (Å²) in [6.07, 6.45) is -0.795. The number of hydrogen-bond donors (Lipinski definition) is 1. The summed E-state index contributed by atoms with van der Waals surface area (Å²) >= 11 is 1.58. The molecule has 0 saturated heterocycles. The number of fused-ring (bicyclic) bond motifs is 2. The van der Waals surface area contributed by atoms with Gasteiger partial charge in [-0.3, -0.25) is 4.40 Å². The Kier molecular flexibility index (Phi) is 4.51. The van der Waals surface area contributed by atoms with E-state index in [1.807, 2.05) is 47.0 Å². The standard InChI is InChI=1S/C22H15F3N4S/c23-22(24,25)16-9-7-14(8-10-16)19-12-26-20-15(4-3-11-29(19)20)13-30-21-27-17-5-1-2-6-18(17)28-21/h1-12H,13H2,(H,27,28). The van der Waals surface area contributed by atoms with Crippen LogP contribution < -0.4 is 0 Å². The molecule has 0 saturated carbocycles. The van der Waals surface area contributed by atoms with Gasteiger partial charge in [0.05, 0.1) is 28.5 Å². The molecule has 0 atom stereocenters. The van der Waals surface area contributed by atoms with Crippen molar-refractivity contribution in [2.75, 3.05) is 0 Å². The van der Waals surface area contributed by atoms with E-state index >= 15 is 0 Å². The van der Waals surface area contributed by atoms with Crippen LogP contribution in [0.25, 0.3) is 27.9 Å². The van der Waals surface area contributed by atoms with Crippen LogP contribution in [0.15, 0.2) is 78.2 Å². The number of thioether (sulfide) groups is 1. The van der Waals surface area contributed by atoms with Crippen molar-refractivity contribution in [1.29, 1.82) is 0 Å². The van der Waals surface area contributed by atoms with Gasteiger partial charge in [-0.25, -0.2) is 9.97 Å². The van der Waals surface area contributed by atoms with E-state index < -0.39 is 11.7 Å². The summed E-state index contributed by atoms with van der Waals surface area (Å²) in [7, 11) is 0. The Bertz CT molecular complexity index is 1300. The molecule has 150 valence electrons. The van der Waals surface area contributed by atoms with Crippen molar-refractivity contribution < 1.29 is 13.2 Å². The van der Waals surface area contributed by atoms with E-state index in [9.17, 15) is 13.2 Å². The lowest BCUT2D eigenvalue weighted by molar-refractivity contribution is -0.137. The number of alkyl halides is 3. The van der Waals surface area contributed by atoms with Crippen LogP contribution in [0.5, 0.6) is 0 Å². The fourth-order valence-electron chi connectivity index (χ4n) is 3.37. The Labute approximate surface area is 173 Å². The fourth-order valence-corrected chi connectivity index (χ4v) is 4.23. The Morgan fingerprint density at radius 2 is 1.77 bits per heavy atom. The molecular formula is C22H15F3N4S. The summed E-state index contributed by atoms with van der Waals surface area (Å²) in [5.41, 5.74) is 4.46. The quantitative estimate of drug-likeness (QED) is 0.350. The largest absolute Gasteiger partial charge is 0.416 e. The van der Waals surface area contributed by atoms with Gasteiger partial charge in [0.15, 0.2) is 5.16 Å². The number of benzene rings is 2. The summed E-state index contributed by atoms with van der Waals surface area (Å²) < 4.78 is 40.4. The summed E-state index contributed by atoms with van der Waals surface area (Å²) in [6, 6.07) is 16.9. The minimum Gasteiger partial charge on any atom is -0.333 e. The summed E-state index contributed by atoms with van der Waals surface area (Å²) in [6.45, 7) is 0. The van der Waals surface area contributed by atoms with Gasteiger partial charge >= 0.3 is 6.18 Å². The number of aromatic amines is 1.